The molecule has 0 saturated carbocycles. The number of para-hydroxylation sites is 3. The zero-order chi connectivity index (χ0) is 44.5. The summed E-state index contributed by atoms with van der Waals surface area (Å²) in [5, 5.41) is 9.17. The SMILES string of the molecule is CCCCCc1ccc(Nc2cc3c(cc2-c2cc(N4c5ccccc5C(C)(C)c5ccccc54)c4c5ccccc5n5c4c2[B]c2cc(CCCCC)ccc2-5)sc2ccccc23)cc1. The average molecular weight is 873 g/mol. The van der Waals surface area contributed by atoms with E-state index in [4.69, 9.17) is 0 Å². The Morgan fingerprint density at radius 2 is 1.20 bits per heavy atom. The molecule has 10 aromatic rings. The van der Waals surface area contributed by atoms with Crippen molar-refractivity contribution in [1.29, 1.82) is 0 Å². The van der Waals surface area contributed by atoms with Crippen molar-refractivity contribution in [2.45, 2.75) is 84.5 Å². The Morgan fingerprint density at radius 1 is 0.545 bits per heavy atom. The first-order valence-electron chi connectivity index (χ1n) is 24.3. The molecule has 1 N–H and O–H groups in total. The van der Waals surface area contributed by atoms with Gasteiger partial charge in [-0.3, -0.25) is 0 Å². The van der Waals surface area contributed by atoms with Gasteiger partial charge in [0.25, 0.3) is 0 Å². The standard InChI is InChI=1S/C61H55BN3S/c1-5-7-9-19-39-29-32-41(33-30-39)63-50-36-45-42-21-12-18-28-56(42)66-57(45)38-44(50)46-37-55(64-52-26-16-13-23-47(52)61(3,4)48-24-14-17-27-53(48)64)58-43-22-11-15-25-51(43)65-54-34-31-40(20-10-8-6-2)35-49(54)62-59(46)60(58)65/h11-18,21-38,63H,5-10,19-20H2,1-4H3. The van der Waals surface area contributed by atoms with Crippen LogP contribution in [0.15, 0.2) is 158 Å². The number of unbranched alkanes of at least 4 members (excludes halogenated alkanes) is 4. The summed E-state index contributed by atoms with van der Waals surface area (Å²) in [6, 6.07) is 60.1. The maximum Gasteiger partial charge on any atom is 0.197 e. The predicted molar refractivity (Wildman–Crippen MR) is 287 cm³/mol. The molecule has 0 saturated heterocycles. The minimum Gasteiger partial charge on any atom is -0.355 e. The first kappa shape index (κ1) is 40.9. The molecule has 323 valence electrons. The summed E-state index contributed by atoms with van der Waals surface area (Å²) in [5.74, 6) is 0. The number of benzene rings is 8. The minimum absolute atomic E-state index is 0.179. The monoisotopic (exact) mass is 872 g/mol. The number of aryl methyl sites for hydroxylation is 2. The molecule has 2 aliphatic rings. The lowest BCUT2D eigenvalue weighted by Crippen LogP contribution is -2.38. The van der Waals surface area contributed by atoms with Crippen LogP contribution in [0.2, 0.25) is 0 Å². The van der Waals surface area contributed by atoms with Crippen molar-refractivity contribution in [3.63, 3.8) is 0 Å². The molecule has 5 heteroatoms. The van der Waals surface area contributed by atoms with Crippen LogP contribution in [0, 0.1) is 0 Å². The topological polar surface area (TPSA) is 20.2 Å². The van der Waals surface area contributed by atoms with Crippen molar-refractivity contribution in [2.75, 3.05) is 10.2 Å². The average Bonchev–Trinajstić information content (AvgIpc) is 3.89. The number of rotatable bonds is 12. The van der Waals surface area contributed by atoms with Crippen molar-refractivity contribution in [1.82, 2.24) is 4.57 Å². The van der Waals surface area contributed by atoms with Gasteiger partial charge in [0.1, 0.15) is 0 Å². The predicted octanol–water partition coefficient (Wildman–Crippen LogP) is 16.1. The second-order valence-corrected chi connectivity index (χ2v) is 20.3. The van der Waals surface area contributed by atoms with E-state index in [1.807, 2.05) is 11.3 Å². The summed E-state index contributed by atoms with van der Waals surface area (Å²) >= 11 is 1.89. The molecule has 8 aromatic carbocycles. The summed E-state index contributed by atoms with van der Waals surface area (Å²) < 4.78 is 5.19. The van der Waals surface area contributed by atoms with Crippen molar-refractivity contribution in [2.24, 2.45) is 0 Å². The molecule has 0 aliphatic carbocycles. The van der Waals surface area contributed by atoms with E-state index in [2.05, 4.69) is 207 Å². The molecule has 2 aliphatic heterocycles. The number of hydrogen-bond donors (Lipinski definition) is 1. The highest BCUT2D eigenvalue weighted by Crippen LogP contribution is 2.55. The van der Waals surface area contributed by atoms with Crippen LogP contribution in [0.25, 0.3) is 58.8 Å². The van der Waals surface area contributed by atoms with E-state index in [0.717, 1.165) is 24.2 Å². The molecule has 0 atom stereocenters. The second-order valence-electron chi connectivity index (χ2n) is 19.2. The Bertz CT molecular complexity index is 3450. The van der Waals surface area contributed by atoms with E-state index in [1.165, 1.54) is 148 Å². The van der Waals surface area contributed by atoms with Crippen molar-refractivity contribution < 1.29 is 0 Å². The molecular formula is C61H55BN3S. The molecule has 66 heavy (non-hydrogen) atoms. The lowest BCUT2D eigenvalue weighted by Gasteiger charge is -2.42. The van der Waals surface area contributed by atoms with Gasteiger partial charge in [-0.25, -0.2) is 0 Å². The third kappa shape index (κ3) is 6.61. The molecule has 0 fully saturated rings. The fourth-order valence-corrected chi connectivity index (χ4v) is 12.4. The Labute approximate surface area is 394 Å². The van der Waals surface area contributed by atoms with E-state index in [0.29, 0.717) is 0 Å². The van der Waals surface area contributed by atoms with Crippen LogP contribution in [0.4, 0.5) is 28.4 Å². The number of aromatic nitrogens is 1. The van der Waals surface area contributed by atoms with Gasteiger partial charge in [0, 0.05) is 59.0 Å². The highest BCUT2D eigenvalue weighted by Gasteiger charge is 2.39. The number of nitrogens with zero attached hydrogens (tertiary/aromatic N) is 2. The van der Waals surface area contributed by atoms with E-state index < -0.39 is 0 Å². The summed E-state index contributed by atoms with van der Waals surface area (Å²) in [6.45, 7) is 9.34. The Morgan fingerprint density at radius 3 is 1.94 bits per heavy atom. The molecule has 0 spiro atoms. The van der Waals surface area contributed by atoms with Crippen molar-refractivity contribution in [3.8, 4) is 16.8 Å². The van der Waals surface area contributed by atoms with Gasteiger partial charge in [0.2, 0.25) is 0 Å². The number of anilines is 5. The quantitative estimate of drug-likeness (QED) is 0.0975. The lowest BCUT2D eigenvalue weighted by molar-refractivity contribution is 0.632. The van der Waals surface area contributed by atoms with Gasteiger partial charge in [-0.15, -0.1) is 11.3 Å². The van der Waals surface area contributed by atoms with Crippen LogP contribution in [0.3, 0.4) is 0 Å². The smallest absolute Gasteiger partial charge is 0.197 e. The maximum absolute atomic E-state index is 4.04. The number of fused-ring (bicyclic) bond motifs is 10. The largest absolute Gasteiger partial charge is 0.355 e. The fraction of sp³-hybridized carbons (Fsp3) is 0.213. The Hall–Kier alpha value is -6.56. The third-order valence-electron chi connectivity index (χ3n) is 14.6. The Balaban J connectivity index is 1.17. The van der Waals surface area contributed by atoms with Crippen molar-refractivity contribution in [3.05, 3.63) is 180 Å². The summed E-state index contributed by atoms with van der Waals surface area (Å²) in [4.78, 5) is 2.59. The van der Waals surface area contributed by atoms with Gasteiger partial charge in [0.15, 0.2) is 7.28 Å². The Kier molecular flexibility index (Phi) is 10.2. The molecule has 0 unspecified atom stereocenters. The van der Waals surface area contributed by atoms with Gasteiger partial charge in [0.05, 0.1) is 28.1 Å². The van der Waals surface area contributed by atoms with Crippen LogP contribution in [0.5, 0.6) is 0 Å². The zero-order valence-electron chi connectivity index (χ0n) is 38.5. The summed E-state index contributed by atoms with van der Waals surface area (Å²) in [5.41, 5.74) is 19.9. The van der Waals surface area contributed by atoms with E-state index >= 15 is 0 Å². The second kappa shape index (κ2) is 16.4. The van der Waals surface area contributed by atoms with E-state index in [1.54, 1.807) is 0 Å². The minimum atomic E-state index is -0.179. The molecule has 1 radical (unpaired) electrons. The van der Waals surface area contributed by atoms with Gasteiger partial charge < -0.3 is 14.8 Å². The molecule has 2 aromatic heterocycles. The molecular weight excluding hydrogens is 818 g/mol. The van der Waals surface area contributed by atoms with Gasteiger partial charge in [-0.1, -0.05) is 156 Å². The van der Waals surface area contributed by atoms with E-state index in [-0.39, 0.29) is 5.41 Å². The summed E-state index contributed by atoms with van der Waals surface area (Å²) in [6.07, 6.45) is 9.60. The molecule has 4 heterocycles. The maximum atomic E-state index is 4.04. The van der Waals surface area contributed by atoms with Crippen LogP contribution in [-0.2, 0) is 18.3 Å². The number of thiophene rings is 1. The summed E-state index contributed by atoms with van der Waals surface area (Å²) in [7, 11) is 2.52. The highest BCUT2D eigenvalue weighted by molar-refractivity contribution is 7.25. The highest BCUT2D eigenvalue weighted by atomic mass is 32.1. The van der Waals surface area contributed by atoms with E-state index in [9.17, 15) is 0 Å². The normalized spacial score (nSPS) is 13.5. The lowest BCUT2D eigenvalue weighted by atomic mass is 9.58. The molecule has 12 rings (SSSR count). The first-order chi connectivity index (χ1) is 32.4. The van der Waals surface area contributed by atoms with Crippen LogP contribution in [0.1, 0.15) is 88.5 Å². The fourth-order valence-electron chi connectivity index (χ4n) is 11.3. The van der Waals surface area contributed by atoms with Gasteiger partial charge in [-0.2, -0.15) is 0 Å². The van der Waals surface area contributed by atoms with Gasteiger partial charge >= 0.3 is 0 Å². The third-order valence-corrected chi connectivity index (χ3v) is 15.8. The number of nitrogens with one attached hydrogen (secondary N) is 1. The van der Waals surface area contributed by atoms with Crippen LogP contribution >= 0.6 is 11.3 Å². The van der Waals surface area contributed by atoms with Gasteiger partial charge in [-0.05, 0) is 120 Å². The first-order valence-corrected chi connectivity index (χ1v) is 25.1. The molecule has 3 nitrogen and oxygen atoms in total. The number of hydrogen-bond acceptors (Lipinski definition) is 3. The molecule has 0 amide bonds. The van der Waals surface area contributed by atoms with Crippen molar-refractivity contribution >= 4 is 100.0 Å². The van der Waals surface area contributed by atoms with Crippen LogP contribution < -0.4 is 21.1 Å². The zero-order valence-corrected chi connectivity index (χ0v) is 39.4. The molecule has 0 bridgehead atoms. The van der Waals surface area contributed by atoms with Crippen LogP contribution in [-0.4, -0.2) is 11.8 Å².